The van der Waals surface area contributed by atoms with Crippen molar-refractivity contribution in [1.29, 1.82) is 0 Å². The van der Waals surface area contributed by atoms with Crippen molar-refractivity contribution in [3.05, 3.63) is 36.0 Å². The molecule has 3 rings (SSSR count). The van der Waals surface area contributed by atoms with E-state index in [0.717, 1.165) is 11.3 Å². The molecule has 2 aromatic rings. The number of carbonyl (C=O) groups excluding carboxylic acids is 2. The number of aryl methyl sites for hydroxylation is 1. The van der Waals surface area contributed by atoms with Crippen molar-refractivity contribution in [1.82, 2.24) is 24.9 Å². The zero-order chi connectivity index (χ0) is 28.0. The van der Waals surface area contributed by atoms with Crippen molar-refractivity contribution in [2.45, 2.75) is 58.8 Å². The Morgan fingerprint density at radius 1 is 1.24 bits per heavy atom. The second-order valence-electron chi connectivity index (χ2n) is 10.6. The summed E-state index contributed by atoms with van der Waals surface area (Å²) >= 11 is 0. The molecule has 10 heteroatoms. The Balaban J connectivity index is 1.87. The summed E-state index contributed by atoms with van der Waals surface area (Å²) in [4.78, 5) is 29.9. The number of rotatable bonds is 12. The summed E-state index contributed by atoms with van der Waals surface area (Å²) in [6, 6.07) is 6.06. The Bertz CT molecular complexity index is 1090. The molecular weight excluding hydrogens is 486 g/mol. The summed E-state index contributed by atoms with van der Waals surface area (Å²) in [5.74, 6) is -0.164. The number of likely N-dealkylation sites (N-methyl/N-ethyl adjacent to an activating group) is 1. The van der Waals surface area contributed by atoms with Gasteiger partial charge in [-0.1, -0.05) is 32.9 Å². The molecule has 10 nitrogen and oxygen atoms in total. The van der Waals surface area contributed by atoms with Crippen molar-refractivity contribution in [2.75, 3.05) is 40.4 Å². The number of amides is 2. The SMILES string of the molecule is CCn1nccc1-c1ccc(C(CO)NC(=O)C2CC(O)CN2C(=O)C(C)C(C)C)c(OCCN(C)C)c1. The normalized spacial score (nSPS) is 19.2. The number of aliphatic hydroxyl groups excluding tert-OH is 2. The van der Waals surface area contributed by atoms with Crippen molar-refractivity contribution in [3.63, 3.8) is 0 Å². The van der Waals surface area contributed by atoms with Crippen LogP contribution in [0.1, 0.15) is 45.7 Å². The first-order valence-electron chi connectivity index (χ1n) is 13.4. The van der Waals surface area contributed by atoms with Crippen LogP contribution < -0.4 is 10.1 Å². The fourth-order valence-electron chi connectivity index (χ4n) is 4.62. The standard InChI is InChI=1S/C28H43N5O5/c1-7-33-24(10-11-29-33)20-8-9-22(26(14-20)38-13-12-31(5)6)23(17-34)30-27(36)25-15-21(35)16-32(25)28(37)19(4)18(2)3/h8-11,14,18-19,21,23,25,34-35H,7,12-13,15-17H2,1-6H3,(H,30,36). The Kier molecular flexibility index (Phi) is 10.3. The molecule has 1 saturated heterocycles. The summed E-state index contributed by atoms with van der Waals surface area (Å²) in [6.45, 7) is 9.38. The molecule has 2 amide bonds. The van der Waals surface area contributed by atoms with Gasteiger partial charge >= 0.3 is 0 Å². The highest BCUT2D eigenvalue weighted by Crippen LogP contribution is 2.32. The van der Waals surface area contributed by atoms with E-state index in [1.165, 1.54) is 4.90 Å². The molecule has 0 radical (unpaired) electrons. The van der Waals surface area contributed by atoms with Gasteiger partial charge < -0.3 is 30.1 Å². The van der Waals surface area contributed by atoms with Gasteiger partial charge in [-0.15, -0.1) is 0 Å². The molecule has 4 atom stereocenters. The molecule has 1 aliphatic rings. The summed E-state index contributed by atoms with van der Waals surface area (Å²) in [5.41, 5.74) is 2.49. The number of likely N-dealkylation sites (tertiary alicyclic amines) is 1. The fraction of sp³-hybridized carbons (Fsp3) is 0.607. The van der Waals surface area contributed by atoms with Crippen LogP contribution >= 0.6 is 0 Å². The molecule has 0 aliphatic carbocycles. The second-order valence-corrected chi connectivity index (χ2v) is 10.6. The van der Waals surface area contributed by atoms with Gasteiger partial charge in [-0.25, -0.2) is 0 Å². The van der Waals surface area contributed by atoms with E-state index >= 15 is 0 Å². The van der Waals surface area contributed by atoms with Crippen LogP contribution in [0.5, 0.6) is 5.75 Å². The number of aromatic nitrogens is 2. The lowest BCUT2D eigenvalue weighted by molar-refractivity contribution is -0.142. The first-order chi connectivity index (χ1) is 18.1. The molecule has 1 fully saturated rings. The van der Waals surface area contributed by atoms with Crippen LogP contribution in [0.2, 0.25) is 0 Å². The minimum Gasteiger partial charge on any atom is -0.492 e. The number of nitrogens with one attached hydrogen (secondary N) is 1. The Morgan fingerprint density at radius 2 is 1.97 bits per heavy atom. The molecule has 38 heavy (non-hydrogen) atoms. The van der Waals surface area contributed by atoms with Gasteiger partial charge in [-0.3, -0.25) is 14.3 Å². The van der Waals surface area contributed by atoms with E-state index in [4.69, 9.17) is 4.74 Å². The van der Waals surface area contributed by atoms with Crippen LogP contribution in [0.3, 0.4) is 0 Å². The second kappa shape index (κ2) is 13.2. The number of benzene rings is 1. The van der Waals surface area contributed by atoms with Crippen molar-refractivity contribution < 1.29 is 24.5 Å². The van der Waals surface area contributed by atoms with Gasteiger partial charge in [0, 0.05) is 49.3 Å². The van der Waals surface area contributed by atoms with Gasteiger partial charge in [-0.05, 0) is 39.1 Å². The van der Waals surface area contributed by atoms with Crippen LogP contribution in [0.4, 0.5) is 0 Å². The maximum atomic E-state index is 13.4. The number of ether oxygens (including phenoxy) is 1. The number of hydrogen-bond acceptors (Lipinski definition) is 7. The van der Waals surface area contributed by atoms with E-state index in [2.05, 4.69) is 10.4 Å². The van der Waals surface area contributed by atoms with Crippen molar-refractivity contribution in [3.8, 4) is 17.0 Å². The molecule has 1 aromatic heterocycles. The molecule has 1 aliphatic heterocycles. The van der Waals surface area contributed by atoms with E-state index in [0.29, 0.717) is 31.0 Å². The summed E-state index contributed by atoms with van der Waals surface area (Å²) in [7, 11) is 3.92. The average molecular weight is 530 g/mol. The quantitative estimate of drug-likeness (QED) is 0.384. The topological polar surface area (TPSA) is 120 Å². The largest absolute Gasteiger partial charge is 0.492 e. The Hall–Kier alpha value is -2.95. The maximum Gasteiger partial charge on any atom is 0.243 e. The van der Waals surface area contributed by atoms with Gasteiger partial charge in [0.05, 0.1) is 24.4 Å². The van der Waals surface area contributed by atoms with E-state index in [1.54, 1.807) is 6.20 Å². The monoisotopic (exact) mass is 529 g/mol. The fourth-order valence-corrected chi connectivity index (χ4v) is 4.62. The molecule has 1 aromatic carbocycles. The Labute approximate surface area is 225 Å². The molecule has 0 spiro atoms. The van der Waals surface area contributed by atoms with Crippen molar-refractivity contribution >= 4 is 11.8 Å². The number of β-amino-alcohol motifs (C(OH)–C–C–N with tert-alkyl or cyclic N) is 1. The smallest absolute Gasteiger partial charge is 0.243 e. The van der Waals surface area contributed by atoms with E-state index in [9.17, 15) is 19.8 Å². The molecule has 4 unspecified atom stereocenters. The first kappa shape index (κ1) is 29.6. The number of aliphatic hydroxyl groups is 2. The third-order valence-corrected chi connectivity index (χ3v) is 7.25. The molecule has 3 N–H and O–H groups in total. The zero-order valence-electron chi connectivity index (χ0n) is 23.4. The molecular formula is C28H43N5O5. The molecule has 0 bridgehead atoms. The number of carbonyl (C=O) groups is 2. The van der Waals surface area contributed by atoms with Crippen molar-refractivity contribution in [2.24, 2.45) is 11.8 Å². The lowest BCUT2D eigenvalue weighted by Gasteiger charge is -2.29. The first-order valence-corrected chi connectivity index (χ1v) is 13.4. The minimum absolute atomic E-state index is 0.110. The minimum atomic E-state index is -0.802. The number of hydrogen-bond donors (Lipinski definition) is 3. The highest BCUT2D eigenvalue weighted by molar-refractivity contribution is 5.89. The molecule has 210 valence electrons. The van der Waals surface area contributed by atoms with Crippen LogP contribution in [0.25, 0.3) is 11.3 Å². The summed E-state index contributed by atoms with van der Waals surface area (Å²) in [5, 5.41) is 27.9. The number of nitrogens with zero attached hydrogens (tertiary/aromatic N) is 4. The van der Waals surface area contributed by atoms with Crippen LogP contribution in [-0.2, 0) is 16.1 Å². The van der Waals surface area contributed by atoms with Gasteiger partial charge in [-0.2, -0.15) is 5.10 Å². The van der Waals surface area contributed by atoms with Crippen LogP contribution in [0.15, 0.2) is 30.5 Å². The Morgan fingerprint density at radius 3 is 2.61 bits per heavy atom. The van der Waals surface area contributed by atoms with E-state index in [-0.39, 0.29) is 37.3 Å². The summed E-state index contributed by atoms with van der Waals surface area (Å²) in [6.07, 6.45) is 1.14. The average Bonchev–Trinajstić information content (AvgIpc) is 3.52. The van der Waals surface area contributed by atoms with Gasteiger partial charge in [0.25, 0.3) is 0 Å². The van der Waals surface area contributed by atoms with E-state index < -0.39 is 24.1 Å². The van der Waals surface area contributed by atoms with E-state index in [1.807, 2.05) is 75.6 Å². The highest BCUT2D eigenvalue weighted by Gasteiger charge is 2.41. The third kappa shape index (κ3) is 6.92. The highest BCUT2D eigenvalue weighted by atomic mass is 16.5. The predicted molar refractivity (Wildman–Crippen MR) is 145 cm³/mol. The van der Waals surface area contributed by atoms with Gasteiger partial charge in [0.2, 0.25) is 11.8 Å². The molecule has 0 saturated carbocycles. The lowest BCUT2D eigenvalue weighted by Crippen LogP contribution is -2.49. The molecule has 2 heterocycles. The third-order valence-electron chi connectivity index (χ3n) is 7.25. The van der Waals surface area contributed by atoms with Crippen LogP contribution in [0, 0.1) is 11.8 Å². The maximum absolute atomic E-state index is 13.4. The van der Waals surface area contributed by atoms with Gasteiger partial charge in [0.1, 0.15) is 18.4 Å². The predicted octanol–water partition coefficient (Wildman–Crippen LogP) is 1.91. The zero-order valence-corrected chi connectivity index (χ0v) is 23.4. The van der Waals surface area contributed by atoms with Crippen LogP contribution in [-0.4, -0.2) is 94.2 Å². The van der Waals surface area contributed by atoms with Gasteiger partial charge in [0.15, 0.2) is 0 Å². The lowest BCUT2D eigenvalue weighted by atomic mass is 9.96. The summed E-state index contributed by atoms with van der Waals surface area (Å²) < 4.78 is 8.03.